The lowest BCUT2D eigenvalue weighted by atomic mass is 9.73. The summed E-state index contributed by atoms with van der Waals surface area (Å²) in [6.45, 7) is 1.87. The zero-order valence-corrected chi connectivity index (χ0v) is 20.3. The van der Waals surface area contributed by atoms with E-state index in [1.165, 1.54) is 17.0 Å². The summed E-state index contributed by atoms with van der Waals surface area (Å²) >= 11 is 12.4. The summed E-state index contributed by atoms with van der Waals surface area (Å²) in [5.41, 5.74) is 1.22. The second-order valence-corrected chi connectivity index (χ2v) is 10.0. The highest BCUT2D eigenvalue weighted by Gasteiger charge is 2.52. The molecule has 0 unspecified atom stereocenters. The van der Waals surface area contributed by atoms with Crippen LogP contribution in [-0.2, 0) is 29.5 Å². The number of carbonyl (C=O) groups excluding carboxylic acids is 1. The number of carbonyl (C=O) groups is 1. The first-order chi connectivity index (χ1) is 16.7. The largest absolute Gasteiger partial charge is 0.416 e. The van der Waals surface area contributed by atoms with Crippen molar-refractivity contribution in [2.24, 2.45) is 0 Å². The Balaban J connectivity index is 1.40. The molecule has 0 saturated carbocycles. The number of fused-ring (bicyclic) bond motifs is 2. The van der Waals surface area contributed by atoms with Crippen molar-refractivity contribution >= 4 is 34.8 Å². The number of likely N-dealkylation sites (tertiary alicyclic amines) is 1. The summed E-state index contributed by atoms with van der Waals surface area (Å²) < 4.78 is 40.8. The Bertz CT molecular complexity index is 1270. The first kappa shape index (κ1) is 24.2. The number of amides is 1. The first-order valence-electron chi connectivity index (χ1n) is 11.4. The molecule has 1 saturated heterocycles. The minimum Gasteiger partial charge on any atom is -0.307 e. The second-order valence-electron chi connectivity index (χ2n) is 9.16. The van der Waals surface area contributed by atoms with Gasteiger partial charge in [0.1, 0.15) is 0 Å². The average Bonchev–Trinajstić information content (AvgIpc) is 3.05. The van der Waals surface area contributed by atoms with Gasteiger partial charge in [-0.1, -0.05) is 65.7 Å². The zero-order chi connectivity index (χ0) is 24.8. The molecule has 0 N–H and O–H groups in total. The SMILES string of the molecule is O=C1N(Cc2ccccc2C(F)(F)F)c2ccccc2C12CCN(Cc1ccc(Cl)cc1Cl)CC2. The van der Waals surface area contributed by atoms with Gasteiger partial charge in [-0.2, -0.15) is 13.2 Å². The number of piperidine rings is 1. The van der Waals surface area contributed by atoms with Gasteiger partial charge in [0.15, 0.2) is 0 Å². The van der Waals surface area contributed by atoms with Crippen molar-refractivity contribution in [1.82, 2.24) is 4.90 Å². The number of para-hydroxylation sites is 1. The van der Waals surface area contributed by atoms with Gasteiger partial charge < -0.3 is 4.90 Å². The molecule has 0 radical (unpaired) electrons. The maximum absolute atomic E-state index is 13.9. The molecular formula is C27H23Cl2F3N2O. The minimum atomic E-state index is -4.48. The Hall–Kier alpha value is -2.54. The lowest BCUT2D eigenvalue weighted by Gasteiger charge is -2.38. The van der Waals surface area contributed by atoms with Crippen molar-refractivity contribution in [2.45, 2.75) is 37.5 Å². The third kappa shape index (κ3) is 4.44. The van der Waals surface area contributed by atoms with Crippen molar-refractivity contribution in [2.75, 3.05) is 18.0 Å². The van der Waals surface area contributed by atoms with Gasteiger partial charge in [-0.3, -0.25) is 9.69 Å². The topological polar surface area (TPSA) is 23.6 Å². The number of alkyl halides is 3. The van der Waals surface area contributed by atoms with Crippen molar-refractivity contribution in [3.05, 3.63) is 99.0 Å². The van der Waals surface area contributed by atoms with Crippen LogP contribution in [0.25, 0.3) is 0 Å². The van der Waals surface area contributed by atoms with Crippen LogP contribution in [-0.4, -0.2) is 23.9 Å². The molecule has 3 aromatic rings. The van der Waals surface area contributed by atoms with Gasteiger partial charge in [0.25, 0.3) is 0 Å². The number of hydrogen-bond donors (Lipinski definition) is 0. The summed E-state index contributed by atoms with van der Waals surface area (Å²) in [6.07, 6.45) is -3.30. The van der Waals surface area contributed by atoms with Crippen molar-refractivity contribution in [3.8, 4) is 0 Å². The van der Waals surface area contributed by atoms with Gasteiger partial charge in [-0.05, 0) is 66.9 Å². The monoisotopic (exact) mass is 518 g/mol. The van der Waals surface area contributed by atoms with Crippen LogP contribution in [0.2, 0.25) is 10.0 Å². The smallest absolute Gasteiger partial charge is 0.307 e. The molecule has 0 bridgehead atoms. The van der Waals surface area contributed by atoms with Gasteiger partial charge in [-0.15, -0.1) is 0 Å². The van der Waals surface area contributed by atoms with E-state index < -0.39 is 17.2 Å². The Labute approximate surface area is 212 Å². The van der Waals surface area contributed by atoms with Crippen LogP contribution in [0.5, 0.6) is 0 Å². The molecule has 0 aromatic heterocycles. The molecule has 3 nitrogen and oxygen atoms in total. The molecule has 2 heterocycles. The predicted molar refractivity (Wildman–Crippen MR) is 132 cm³/mol. The maximum atomic E-state index is 13.9. The lowest BCUT2D eigenvalue weighted by molar-refractivity contribution is -0.138. The minimum absolute atomic E-state index is 0.0926. The van der Waals surface area contributed by atoms with Gasteiger partial charge in [0, 0.05) is 22.3 Å². The van der Waals surface area contributed by atoms with E-state index in [2.05, 4.69) is 4.90 Å². The van der Waals surface area contributed by atoms with E-state index in [1.54, 1.807) is 12.1 Å². The predicted octanol–water partition coefficient (Wildman–Crippen LogP) is 7.09. The van der Waals surface area contributed by atoms with Crippen molar-refractivity contribution in [3.63, 3.8) is 0 Å². The number of hydrogen-bond acceptors (Lipinski definition) is 2. The van der Waals surface area contributed by atoms with E-state index in [-0.39, 0.29) is 18.0 Å². The third-order valence-corrected chi connectivity index (χ3v) is 7.72. The molecule has 8 heteroatoms. The van der Waals surface area contributed by atoms with E-state index in [4.69, 9.17) is 23.2 Å². The number of nitrogens with zero attached hydrogens (tertiary/aromatic N) is 2. The quantitative estimate of drug-likeness (QED) is 0.368. The number of anilines is 1. The van der Waals surface area contributed by atoms with Crippen LogP contribution < -0.4 is 4.90 Å². The number of rotatable bonds is 4. The Morgan fingerprint density at radius 1 is 0.857 bits per heavy atom. The summed E-state index contributed by atoms with van der Waals surface area (Å²) in [5, 5.41) is 1.19. The Morgan fingerprint density at radius 2 is 1.54 bits per heavy atom. The summed E-state index contributed by atoms with van der Waals surface area (Å²) in [7, 11) is 0. The molecule has 5 rings (SSSR count). The van der Waals surface area contributed by atoms with E-state index in [9.17, 15) is 18.0 Å². The second kappa shape index (κ2) is 9.16. The normalized spacial score (nSPS) is 17.7. The first-order valence-corrected chi connectivity index (χ1v) is 12.2. The molecule has 0 aliphatic carbocycles. The van der Waals surface area contributed by atoms with Crippen LogP contribution in [0, 0.1) is 0 Å². The molecular weight excluding hydrogens is 496 g/mol. The zero-order valence-electron chi connectivity index (χ0n) is 18.8. The van der Waals surface area contributed by atoms with Crippen LogP contribution in [0.15, 0.2) is 66.7 Å². The Morgan fingerprint density at radius 3 is 2.26 bits per heavy atom. The average molecular weight is 519 g/mol. The molecule has 1 fully saturated rings. The third-order valence-electron chi connectivity index (χ3n) is 7.13. The van der Waals surface area contributed by atoms with E-state index in [0.717, 1.165) is 17.2 Å². The van der Waals surface area contributed by atoms with Crippen molar-refractivity contribution < 1.29 is 18.0 Å². The van der Waals surface area contributed by atoms with Crippen LogP contribution in [0.3, 0.4) is 0 Å². The molecule has 2 aliphatic rings. The molecule has 1 amide bonds. The number of benzene rings is 3. The summed E-state index contributed by atoms with van der Waals surface area (Å²) in [4.78, 5) is 17.6. The van der Waals surface area contributed by atoms with Crippen LogP contribution in [0.1, 0.15) is 35.1 Å². The van der Waals surface area contributed by atoms with Gasteiger partial charge >= 0.3 is 6.18 Å². The van der Waals surface area contributed by atoms with Crippen molar-refractivity contribution in [1.29, 1.82) is 0 Å². The summed E-state index contributed by atoms with van der Waals surface area (Å²) in [6, 6.07) is 18.4. The molecule has 35 heavy (non-hydrogen) atoms. The molecule has 182 valence electrons. The lowest BCUT2D eigenvalue weighted by Crippen LogP contribution is -2.48. The van der Waals surface area contributed by atoms with Gasteiger partial charge in [0.2, 0.25) is 5.91 Å². The highest BCUT2D eigenvalue weighted by Crippen LogP contribution is 2.49. The maximum Gasteiger partial charge on any atom is 0.416 e. The molecule has 3 aromatic carbocycles. The van der Waals surface area contributed by atoms with Gasteiger partial charge in [0.05, 0.1) is 17.5 Å². The highest BCUT2D eigenvalue weighted by molar-refractivity contribution is 6.35. The highest BCUT2D eigenvalue weighted by atomic mass is 35.5. The fourth-order valence-corrected chi connectivity index (χ4v) is 5.79. The standard InChI is InChI=1S/C27H23Cl2F3N2O/c28-20-10-9-19(23(29)15-20)16-33-13-11-26(12-14-33)22-7-3-4-8-24(22)34(25(26)35)17-18-5-1-2-6-21(18)27(30,31)32/h1-10,15H,11-14,16-17H2. The van der Waals surface area contributed by atoms with Crippen LogP contribution >= 0.6 is 23.2 Å². The molecule has 0 atom stereocenters. The van der Waals surface area contributed by atoms with E-state index in [0.29, 0.717) is 48.2 Å². The fraction of sp³-hybridized carbons (Fsp3) is 0.296. The number of halogens is 5. The van der Waals surface area contributed by atoms with E-state index >= 15 is 0 Å². The fourth-order valence-electron chi connectivity index (χ4n) is 5.33. The van der Waals surface area contributed by atoms with E-state index in [1.807, 2.05) is 36.4 Å². The molecule has 2 aliphatic heterocycles. The Kier molecular flexibility index (Phi) is 6.32. The van der Waals surface area contributed by atoms with Crippen LogP contribution in [0.4, 0.5) is 18.9 Å². The summed E-state index contributed by atoms with van der Waals surface area (Å²) in [5.74, 6) is -0.125. The molecule has 1 spiro atoms. The van der Waals surface area contributed by atoms with Gasteiger partial charge in [-0.25, -0.2) is 0 Å².